The Labute approximate surface area is 121 Å². The van der Waals surface area contributed by atoms with Gasteiger partial charge in [0.25, 0.3) is 0 Å². The number of benzene rings is 2. The van der Waals surface area contributed by atoms with E-state index in [4.69, 9.17) is 9.16 Å². The van der Waals surface area contributed by atoms with E-state index in [0.29, 0.717) is 17.9 Å². The van der Waals surface area contributed by atoms with Crippen LogP contribution in [0.5, 0.6) is 5.75 Å². The van der Waals surface area contributed by atoms with E-state index in [2.05, 4.69) is 0 Å². The van der Waals surface area contributed by atoms with Gasteiger partial charge in [0, 0.05) is 6.61 Å². The fourth-order valence-corrected chi connectivity index (χ4v) is 3.11. The second-order valence-corrected chi connectivity index (χ2v) is 5.84. The molecule has 104 valence electrons. The summed E-state index contributed by atoms with van der Waals surface area (Å²) in [5, 5.41) is 1.02. The van der Waals surface area contributed by atoms with E-state index in [9.17, 15) is 4.79 Å². The van der Waals surface area contributed by atoms with Gasteiger partial charge in [-0.15, -0.1) is 0 Å². The fraction of sp³-hybridized carbons (Fsp3) is 0.188. The first-order valence-electron chi connectivity index (χ1n) is 6.66. The number of esters is 1. The van der Waals surface area contributed by atoms with E-state index in [-0.39, 0.29) is 5.97 Å². The van der Waals surface area contributed by atoms with Crippen molar-refractivity contribution in [3.05, 3.63) is 59.7 Å². The first-order valence-corrected chi connectivity index (χ1v) is 7.94. The molecule has 2 aromatic carbocycles. The largest absolute Gasteiger partial charge is 0.423 e. The van der Waals surface area contributed by atoms with Crippen molar-refractivity contribution < 1.29 is 14.0 Å². The third kappa shape index (κ3) is 3.56. The van der Waals surface area contributed by atoms with Crippen LogP contribution in [0.15, 0.2) is 48.5 Å². The van der Waals surface area contributed by atoms with Crippen LogP contribution in [0.25, 0.3) is 0 Å². The lowest BCUT2D eigenvalue weighted by atomic mass is 10.1. The van der Waals surface area contributed by atoms with Crippen molar-refractivity contribution in [1.82, 2.24) is 0 Å². The van der Waals surface area contributed by atoms with Gasteiger partial charge in [0.1, 0.15) is 5.75 Å². The molecule has 20 heavy (non-hydrogen) atoms. The molecule has 0 radical (unpaired) electrons. The molecule has 0 spiro atoms. The smallest absolute Gasteiger partial charge is 0.343 e. The summed E-state index contributed by atoms with van der Waals surface area (Å²) >= 11 is 0. The summed E-state index contributed by atoms with van der Waals surface area (Å²) in [6, 6.07) is 14.8. The predicted molar refractivity (Wildman–Crippen MR) is 82.4 cm³/mol. The molecule has 0 fully saturated rings. The van der Waals surface area contributed by atoms with Gasteiger partial charge in [-0.2, -0.15) is 0 Å². The second kappa shape index (κ2) is 7.03. The topological polar surface area (TPSA) is 35.5 Å². The Morgan fingerprint density at radius 2 is 1.85 bits per heavy atom. The minimum atomic E-state index is -0.902. The number of carbonyl (C=O) groups excluding carboxylic acids is 1. The number of hydrogen-bond acceptors (Lipinski definition) is 3. The van der Waals surface area contributed by atoms with Gasteiger partial charge in [-0.05, 0) is 42.8 Å². The van der Waals surface area contributed by atoms with Gasteiger partial charge in [0.15, 0.2) is 9.76 Å². The zero-order chi connectivity index (χ0) is 14.4. The van der Waals surface area contributed by atoms with Crippen molar-refractivity contribution in [3.8, 4) is 5.75 Å². The Kier molecular flexibility index (Phi) is 5.09. The summed E-state index contributed by atoms with van der Waals surface area (Å²) in [6.45, 7) is 4.64. The number of carbonyl (C=O) groups is 1. The van der Waals surface area contributed by atoms with E-state index in [1.165, 1.54) is 0 Å². The summed E-state index contributed by atoms with van der Waals surface area (Å²) in [5.74, 6) is 0.241. The van der Waals surface area contributed by atoms with Crippen molar-refractivity contribution >= 4 is 20.9 Å². The minimum absolute atomic E-state index is 0.317. The van der Waals surface area contributed by atoms with Crippen LogP contribution in [-0.4, -0.2) is 22.3 Å². The van der Waals surface area contributed by atoms with Crippen LogP contribution in [0.2, 0.25) is 0 Å². The number of rotatable bonds is 5. The van der Waals surface area contributed by atoms with Crippen LogP contribution in [0.4, 0.5) is 0 Å². The Morgan fingerprint density at radius 1 is 1.10 bits per heavy atom. The van der Waals surface area contributed by atoms with Crippen molar-refractivity contribution in [2.45, 2.75) is 13.8 Å². The minimum Gasteiger partial charge on any atom is -0.423 e. The van der Waals surface area contributed by atoms with E-state index < -0.39 is 9.76 Å². The molecule has 0 saturated heterocycles. The van der Waals surface area contributed by atoms with Gasteiger partial charge in [0.05, 0.1) is 5.56 Å². The van der Waals surface area contributed by atoms with Crippen LogP contribution >= 0.6 is 0 Å². The molecule has 0 atom stereocenters. The molecule has 0 saturated carbocycles. The molecule has 0 aliphatic carbocycles. The maximum atomic E-state index is 12.3. The molecule has 0 aliphatic heterocycles. The van der Waals surface area contributed by atoms with Gasteiger partial charge in [-0.3, -0.25) is 0 Å². The van der Waals surface area contributed by atoms with Crippen LogP contribution in [0.1, 0.15) is 22.8 Å². The predicted octanol–water partition coefficient (Wildman–Crippen LogP) is 1.96. The first kappa shape index (κ1) is 14.5. The highest BCUT2D eigenvalue weighted by Crippen LogP contribution is 2.11. The molecule has 0 aliphatic rings. The van der Waals surface area contributed by atoms with Crippen molar-refractivity contribution in [2.24, 2.45) is 0 Å². The molecule has 4 heteroatoms. The van der Waals surface area contributed by atoms with Gasteiger partial charge in [0.2, 0.25) is 0 Å². The molecule has 0 unspecified atom stereocenters. The van der Waals surface area contributed by atoms with Crippen LogP contribution in [0, 0.1) is 6.92 Å². The summed E-state index contributed by atoms with van der Waals surface area (Å²) in [6.07, 6.45) is 0. The van der Waals surface area contributed by atoms with Crippen molar-refractivity contribution in [3.63, 3.8) is 0 Å². The number of ether oxygens (including phenoxy) is 1. The molecule has 0 N–H and O–H groups in total. The third-order valence-corrected chi connectivity index (χ3v) is 4.87. The van der Waals surface area contributed by atoms with E-state index in [0.717, 1.165) is 10.8 Å². The molecule has 2 aromatic rings. The zero-order valence-electron chi connectivity index (χ0n) is 11.8. The summed E-state index contributed by atoms with van der Waals surface area (Å²) in [4.78, 5) is 12.3. The lowest BCUT2D eigenvalue weighted by Crippen LogP contribution is -2.29. The highest BCUT2D eigenvalue weighted by atomic mass is 28.2. The molecule has 0 bridgehead atoms. The van der Waals surface area contributed by atoms with Crippen LogP contribution < -0.4 is 9.92 Å². The van der Waals surface area contributed by atoms with E-state index in [1.54, 1.807) is 18.2 Å². The van der Waals surface area contributed by atoms with Gasteiger partial charge in [-0.1, -0.05) is 30.3 Å². The molecular formula is C16H18O3Si. The Balaban J connectivity index is 2.23. The highest BCUT2D eigenvalue weighted by Gasteiger charge is 2.15. The van der Waals surface area contributed by atoms with Gasteiger partial charge >= 0.3 is 5.97 Å². The summed E-state index contributed by atoms with van der Waals surface area (Å²) in [7, 11) is -0.902. The monoisotopic (exact) mass is 286 g/mol. The average molecular weight is 286 g/mol. The van der Waals surface area contributed by atoms with Crippen molar-refractivity contribution in [1.29, 1.82) is 0 Å². The first-order chi connectivity index (χ1) is 9.72. The van der Waals surface area contributed by atoms with Crippen LogP contribution in [0.3, 0.4) is 0 Å². The summed E-state index contributed by atoms with van der Waals surface area (Å²) in [5.41, 5.74) is 1.71. The Hall–Kier alpha value is -1.91. The SMILES string of the molecule is CCO[SiH2]c1c(C)cccc1C(=O)Oc1ccccc1. The van der Waals surface area contributed by atoms with Crippen LogP contribution in [-0.2, 0) is 4.43 Å². The molecule has 0 aromatic heterocycles. The molecular weight excluding hydrogens is 268 g/mol. The molecule has 0 heterocycles. The number of aryl methyl sites for hydroxylation is 1. The van der Waals surface area contributed by atoms with Gasteiger partial charge < -0.3 is 9.16 Å². The molecule has 2 rings (SSSR count). The number of hydrogen-bond donors (Lipinski definition) is 0. The standard InChI is InChI=1S/C16H18O3Si/c1-3-18-20-15-12(2)8-7-11-14(15)16(17)19-13-9-5-4-6-10-13/h4-11H,3,20H2,1-2H3. The normalized spacial score (nSPS) is 10.9. The maximum Gasteiger partial charge on any atom is 0.343 e. The lowest BCUT2D eigenvalue weighted by Gasteiger charge is -2.11. The Bertz CT molecular complexity index is 582. The zero-order valence-corrected chi connectivity index (χ0v) is 13.2. The number of para-hydroxylation sites is 1. The molecule has 0 amide bonds. The fourth-order valence-electron chi connectivity index (χ4n) is 1.94. The van der Waals surface area contributed by atoms with Gasteiger partial charge in [-0.25, -0.2) is 4.79 Å². The van der Waals surface area contributed by atoms with E-state index in [1.807, 2.05) is 44.2 Å². The second-order valence-electron chi connectivity index (χ2n) is 4.44. The third-order valence-electron chi connectivity index (χ3n) is 3.03. The quantitative estimate of drug-likeness (QED) is 0.479. The van der Waals surface area contributed by atoms with E-state index >= 15 is 0 Å². The lowest BCUT2D eigenvalue weighted by molar-refractivity contribution is 0.0736. The maximum absolute atomic E-state index is 12.3. The molecule has 3 nitrogen and oxygen atoms in total. The Morgan fingerprint density at radius 3 is 2.55 bits per heavy atom. The average Bonchev–Trinajstić information content (AvgIpc) is 2.47. The van der Waals surface area contributed by atoms with Crippen molar-refractivity contribution in [2.75, 3.05) is 6.61 Å². The summed E-state index contributed by atoms with van der Waals surface area (Å²) < 4.78 is 11.0. The highest BCUT2D eigenvalue weighted by molar-refractivity contribution is 6.50.